The van der Waals surface area contributed by atoms with Crippen LogP contribution < -0.4 is 5.73 Å². The molecule has 0 aliphatic carbocycles. The van der Waals surface area contributed by atoms with Crippen LogP contribution in [0, 0.1) is 0 Å². The predicted octanol–water partition coefficient (Wildman–Crippen LogP) is 0.0991. The summed E-state index contributed by atoms with van der Waals surface area (Å²) in [5.74, 6) is 1.36. The SMILES string of the molecule is CC(N)Cc1cnc(CCO)o1. The minimum absolute atomic E-state index is 0.0676. The van der Waals surface area contributed by atoms with Gasteiger partial charge >= 0.3 is 0 Å². The topological polar surface area (TPSA) is 72.3 Å². The second-order valence-corrected chi connectivity index (χ2v) is 2.88. The summed E-state index contributed by atoms with van der Waals surface area (Å²) < 4.78 is 5.28. The molecule has 0 radical (unpaired) electrons. The molecule has 68 valence electrons. The van der Waals surface area contributed by atoms with Gasteiger partial charge in [0.2, 0.25) is 0 Å². The average molecular weight is 170 g/mol. The zero-order chi connectivity index (χ0) is 8.97. The van der Waals surface area contributed by atoms with Crippen molar-refractivity contribution in [1.82, 2.24) is 4.98 Å². The molecule has 1 rings (SSSR count). The zero-order valence-corrected chi connectivity index (χ0v) is 7.16. The Hall–Kier alpha value is -0.870. The van der Waals surface area contributed by atoms with Gasteiger partial charge in [-0.1, -0.05) is 0 Å². The molecule has 0 fully saturated rings. The molecule has 0 aromatic carbocycles. The number of aliphatic hydroxyl groups is 1. The van der Waals surface area contributed by atoms with Crippen molar-refractivity contribution in [3.8, 4) is 0 Å². The Morgan fingerprint density at radius 2 is 2.50 bits per heavy atom. The van der Waals surface area contributed by atoms with Crippen LogP contribution in [0.4, 0.5) is 0 Å². The summed E-state index contributed by atoms with van der Waals surface area (Å²) in [4.78, 5) is 3.98. The molecule has 1 atom stereocenters. The van der Waals surface area contributed by atoms with E-state index in [-0.39, 0.29) is 12.6 Å². The summed E-state index contributed by atoms with van der Waals surface area (Å²) in [6.45, 7) is 1.98. The van der Waals surface area contributed by atoms with Gasteiger partial charge in [0.05, 0.1) is 12.8 Å². The van der Waals surface area contributed by atoms with E-state index in [0.717, 1.165) is 5.76 Å². The monoisotopic (exact) mass is 170 g/mol. The molecule has 0 spiro atoms. The molecule has 1 aromatic rings. The number of nitrogens with two attached hydrogens (primary N) is 1. The molecule has 0 aliphatic rings. The molecule has 1 unspecified atom stereocenters. The molecular weight excluding hydrogens is 156 g/mol. The van der Waals surface area contributed by atoms with Crippen LogP contribution in [0.2, 0.25) is 0 Å². The van der Waals surface area contributed by atoms with Crippen LogP contribution in [0.15, 0.2) is 10.6 Å². The van der Waals surface area contributed by atoms with Crippen LogP contribution in [-0.2, 0) is 12.8 Å². The molecule has 4 nitrogen and oxygen atoms in total. The molecule has 0 amide bonds. The first kappa shape index (κ1) is 9.22. The summed E-state index contributed by atoms with van der Waals surface area (Å²) in [6, 6.07) is 0.0833. The highest BCUT2D eigenvalue weighted by Gasteiger charge is 2.04. The first-order valence-electron chi connectivity index (χ1n) is 4.02. The number of rotatable bonds is 4. The van der Waals surface area contributed by atoms with Gasteiger partial charge in [-0.15, -0.1) is 0 Å². The van der Waals surface area contributed by atoms with Crippen molar-refractivity contribution in [3.05, 3.63) is 17.8 Å². The number of hydrogen-bond donors (Lipinski definition) is 2. The quantitative estimate of drug-likeness (QED) is 0.672. The number of aliphatic hydroxyl groups excluding tert-OH is 1. The van der Waals surface area contributed by atoms with Gasteiger partial charge in [0.15, 0.2) is 5.89 Å². The fraction of sp³-hybridized carbons (Fsp3) is 0.625. The Morgan fingerprint density at radius 1 is 1.75 bits per heavy atom. The third-order valence-electron chi connectivity index (χ3n) is 1.45. The summed E-state index contributed by atoms with van der Waals surface area (Å²) >= 11 is 0. The highest BCUT2D eigenvalue weighted by Crippen LogP contribution is 2.05. The van der Waals surface area contributed by atoms with Crippen LogP contribution in [0.5, 0.6) is 0 Å². The molecule has 0 saturated heterocycles. The fourth-order valence-electron chi connectivity index (χ4n) is 0.971. The minimum atomic E-state index is 0.0676. The second kappa shape index (κ2) is 4.23. The predicted molar refractivity (Wildman–Crippen MR) is 44.6 cm³/mol. The highest BCUT2D eigenvalue weighted by atomic mass is 16.4. The van der Waals surface area contributed by atoms with Crippen molar-refractivity contribution in [2.75, 3.05) is 6.61 Å². The molecule has 0 bridgehead atoms. The molecule has 12 heavy (non-hydrogen) atoms. The van der Waals surface area contributed by atoms with Crippen LogP contribution in [0.25, 0.3) is 0 Å². The normalized spacial score (nSPS) is 13.2. The van der Waals surface area contributed by atoms with Crippen molar-refractivity contribution in [2.24, 2.45) is 5.73 Å². The maximum atomic E-state index is 8.59. The molecule has 4 heteroatoms. The standard InChI is InChI=1S/C8H14N2O2/c1-6(9)4-7-5-10-8(12-7)2-3-11/h5-6,11H,2-4,9H2,1H3. The number of oxazole rings is 1. The van der Waals surface area contributed by atoms with Gasteiger partial charge in [0.1, 0.15) is 5.76 Å². The first-order chi connectivity index (χ1) is 5.72. The Labute approximate surface area is 71.4 Å². The van der Waals surface area contributed by atoms with Gasteiger partial charge in [-0.25, -0.2) is 4.98 Å². The molecule has 0 aliphatic heterocycles. The second-order valence-electron chi connectivity index (χ2n) is 2.88. The van der Waals surface area contributed by atoms with Gasteiger partial charge in [-0.05, 0) is 6.92 Å². The molecular formula is C8H14N2O2. The van der Waals surface area contributed by atoms with Gasteiger partial charge in [0.25, 0.3) is 0 Å². The third kappa shape index (κ3) is 2.64. The molecule has 1 aromatic heterocycles. The van der Waals surface area contributed by atoms with Crippen molar-refractivity contribution in [2.45, 2.75) is 25.8 Å². The van der Waals surface area contributed by atoms with E-state index in [9.17, 15) is 0 Å². The van der Waals surface area contributed by atoms with E-state index in [0.29, 0.717) is 18.7 Å². The van der Waals surface area contributed by atoms with Crippen LogP contribution in [-0.4, -0.2) is 22.7 Å². The summed E-state index contributed by atoms with van der Waals surface area (Å²) in [6.07, 6.45) is 2.83. The maximum absolute atomic E-state index is 8.59. The zero-order valence-electron chi connectivity index (χ0n) is 7.16. The van der Waals surface area contributed by atoms with Crippen molar-refractivity contribution < 1.29 is 9.52 Å². The van der Waals surface area contributed by atoms with E-state index in [2.05, 4.69) is 4.98 Å². The van der Waals surface area contributed by atoms with Gasteiger partial charge in [0, 0.05) is 18.9 Å². The maximum Gasteiger partial charge on any atom is 0.196 e. The lowest BCUT2D eigenvalue weighted by molar-refractivity contribution is 0.283. The molecule has 1 heterocycles. The fourth-order valence-corrected chi connectivity index (χ4v) is 0.971. The lowest BCUT2D eigenvalue weighted by Crippen LogP contribution is -2.17. The van der Waals surface area contributed by atoms with E-state index in [1.807, 2.05) is 6.92 Å². The van der Waals surface area contributed by atoms with Gasteiger partial charge < -0.3 is 15.3 Å². The van der Waals surface area contributed by atoms with Crippen LogP contribution in [0.3, 0.4) is 0 Å². The summed E-state index contributed by atoms with van der Waals surface area (Å²) in [5.41, 5.74) is 5.57. The third-order valence-corrected chi connectivity index (χ3v) is 1.45. The molecule has 0 saturated carbocycles. The number of nitrogens with zero attached hydrogens (tertiary/aromatic N) is 1. The van der Waals surface area contributed by atoms with E-state index >= 15 is 0 Å². The Morgan fingerprint density at radius 3 is 3.08 bits per heavy atom. The summed E-state index contributed by atoms with van der Waals surface area (Å²) in [5, 5.41) is 8.59. The average Bonchev–Trinajstić information content (AvgIpc) is 2.36. The highest BCUT2D eigenvalue weighted by molar-refractivity contribution is 4.96. The van der Waals surface area contributed by atoms with Gasteiger partial charge in [-0.2, -0.15) is 0 Å². The van der Waals surface area contributed by atoms with E-state index in [1.54, 1.807) is 6.20 Å². The number of aromatic nitrogens is 1. The van der Waals surface area contributed by atoms with Crippen LogP contribution >= 0.6 is 0 Å². The van der Waals surface area contributed by atoms with Crippen molar-refractivity contribution in [1.29, 1.82) is 0 Å². The minimum Gasteiger partial charge on any atom is -0.446 e. The van der Waals surface area contributed by atoms with E-state index in [1.165, 1.54) is 0 Å². The van der Waals surface area contributed by atoms with Crippen LogP contribution in [0.1, 0.15) is 18.6 Å². The largest absolute Gasteiger partial charge is 0.446 e. The lowest BCUT2D eigenvalue weighted by Gasteiger charge is -1.98. The lowest BCUT2D eigenvalue weighted by atomic mass is 10.2. The Bertz CT molecular complexity index is 233. The van der Waals surface area contributed by atoms with Gasteiger partial charge in [-0.3, -0.25) is 0 Å². The van der Waals surface area contributed by atoms with E-state index < -0.39 is 0 Å². The van der Waals surface area contributed by atoms with Crippen molar-refractivity contribution >= 4 is 0 Å². The smallest absolute Gasteiger partial charge is 0.196 e. The Balaban J connectivity index is 2.52. The Kier molecular flexibility index (Phi) is 3.25. The van der Waals surface area contributed by atoms with E-state index in [4.69, 9.17) is 15.3 Å². The molecule has 3 N–H and O–H groups in total. The summed E-state index contributed by atoms with van der Waals surface area (Å²) in [7, 11) is 0. The van der Waals surface area contributed by atoms with Crippen molar-refractivity contribution in [3.63, 3.8) is 0 Å². The first-order valence-corrected chi connectivity index (χ1v) is 4.02. The number of hydrogen-bond acceptors (Lipinski definition) is 4.